The van der Waals surface area contributed by atoms with Crippen molar-refractivity contribution >= 4 is 55.2 Å². The van der Waals surface area contributed by atoms with Crippen LogP contribution in [0.4, 0.5) is 0 Å². The first kappa shape index (κ1) is 39.6. The Bertz CT molecular complexity index is 3640. The molecule has 316 valence electrons. The van der Waals surface area contributed by atoms with Gasteiger partial charge in [0, 0.05) is 50.1 Å². The molecule has 12 aromatic rings. The number of aliphatic hydroxyl groups excluding tert-OH is 1. The zero-order valence-electron chi connectivity index (χ0n) is 36.4. The van der Waals surface area contributed by atoms with E-state index in [9.17, 15) is 9.90 Å². The molecular formula is C63H42N2O2. The Kier molecular flexibility index (Phi) is 9.77. The first-order valence-electron chi connectivity index (χ1n) is 22.6. The second kappa shape index (κ2) is 16.5. The van der Waals surface area contributed by atoms with Crippen LogP contribution in [0, 0.1) is 0 Å². The minimum atomic E-state index is -0.277. The van der Waals surface area contributed by atoms with Gasteiger partial charge in [-0.3, -0.25) is 4.79 Å². The molecule has 10 aromatic carbocycles. The molecular weight excluding hydrogens is 817 g/mol. The van der Waals surface area contributed by atoms with E-state index in [0.29, 0.717) is 11.1 Å². The van der Waals surface area contributed by atoms with E-state index >= 15 is 0 Å². The Morgan fingerprint density at radius 2 is 0.597 bits per heavy atom. The van der Waals surface area contributed by atoms with E-state index in [4.69, 9.17) is 0 Å². The smallest absolute Gasteiger partial charge is 0.189 e. The van der Waals surface area contributed by atoms with E-state index in [1.54, 1.807) is 0 Å². The van der Waals surface area contributed by atoms with Gasteiger partial charge < -0.3 is 14.2 Å². The first-order valence-corrected chi connectivity index (χ1v) is 22.6. The molecule has 4 nitrogen and oxygen atoms in total. The monoisotopic (exact) mass is 858 g/mol. The van der Waals surface area contributed by atoms with Crippen molar-refractivity contribution in [3.8, 4) is 55.9 Å². The number of aromatic nitrogens is 2. The molecule has 1 N–H and O–H groups in total. The number of nitrogens with zero attached hydrogens (tertiary/aromatic N) is 2. The van der Waals surface area contributed by atoms with Gasteiger partial charge in [-0.15, -0.1) is 0 Å². The standard InChI is InChI=1S/C63H42N2O2/c66-62(46-21-29-52(30-22-46)64-58-33-25-48(42-13-5-1-6-14-42)37-54(58)55-38-49(26-34-59(55)64)43-15-7-2-8-16-43)41-63(67)47-23-31-53(32-24-47)65-60-35-27-50(44-17-9-3-10-18-44)39-56(60)57-40-51(28-36-61(57)65)45-19-11-4-12-20-45/h1-41,66H/b62-41-. The van der Waals surface area contributed by atoms with Gasteiger partial charge in [0.15, 0.2) is 5.78 Å². The van der Waals surface area contributed by atoms with Crippen LogP contribution in [-0.2, 0) is 0 Å². The minimum Gasteiger partial charge on any atom is -0.507 e. The molecule has 0 saturated carbocycles. The minimum absolute atomic E-state index is 0.0892. The summed E-state index contributed by atoms with van der Waals surface area (Å²) in [6.07, 6.45) is 1.32. The van der Waals surface area contributed by atoms with E-state index in [1.165, 1.54) is 28.3 Å². The van der Waals surface area contributed by atoms with Crippen molar-refractivity contribution in [3.63, 3.8) is 0 Å². The Hall–Kier alpha value is -8.99. The number of aliphatic hydroxyl groups is 1. The van der Waals surface area contributed by atoms with Crippen LogP contribution in [0.15, 0.2) is 249 Å². The Labute approximate surface area is 388 Å². The summed E-state index contributed by atoms with van der Waals surface area (Å²) in [5.74, 6) is -0.366. The Balaban J connectivity index is 0.861. The maximum absolute atomic E-state index is 13.8. The van der Waals surface area contributed by atoms with Crippen molar-refractivity contribution in [3.05, 3.63) is 260 Å². The summed E-state index contributed by atoms with van der Waals surface area (Å²) in [5, 5.41) is 16.0. The lowest BCUT2D eigenvalue weighted by molar-refractivity contribution is 0.104. The molecule has 0 unspecified atom stereocenters. The number of benzene rings is 10. The highest BCUT2D eigenvalue weighted by Crippen LogP contribution is 2.39. The molecule has 0 aliphatic heterocycles. The van der Waals surface area contributed by atoms with E-state index < -0.39 is 0 Å². The van der Waals surface area contributed by atoms with Crippen molar-refractivity contribution in [1.29, 1.82) is 0 Å². The Morgan fingerprint density at radius 3 is 0.896 bits per heavy atom. The van der Waals surface area contributed by atoms with E-state index in [0.717, 1.165) is 77.2 Å². The van der Waals surface area contributed by atoms with Crippen LogP contribution in [0.2, 0.25) is 0 Å². The Morgan fingerprint density at radius 1 is 0.313 bits per heavy atom. The predicted octanol–water partition coefficient (Wildman–Crippen LogP) is 16.3. The van der Waals surface area contributed by atoms with E-state index in [2.05, 4.69) is 179 Å². The molecule has 67 heavy (non-hydrogen) atoms. The van der Waals surface area contributed by atoms with E-state index in [-0.39, 0.29) is 11.5 Å². The van der Waals surface area contributed by atoms with Gasteiger partial charge in [-0.05, 0) is 142 Å². The summed E-state index contributed by atoms with van der Waals surface area (Å²) in [7, 11) is 0. The van der Waals surface area contributed by atoms with Gasteiger partial charge in [0.25, 0.3) is 0 Å². The third-order valence-corrected chi connectivity index (χ3v) is 13.1. The van der Waals surface area contributed by atoms with E-state index in [1.807, 2.05) is 72.8 Å². The second-order valence-corrected chi connectivity index (χ2v) is 17.1. The number of carbonyl (C=O) groups is 1. The lowest BCUT2D eigenvalue weighted by Crippen LogP contribution is -1.99. The second-order valence-electron chi connectivity index (χ2n) is 17.1. The molecule has 0 atom stereocenters. The molecule has 0 bridgehead atoms. The molecule has 0 aliphatic rings. The lowest BCUT2D eigenvalue weighted by Gasteiger charge is -2.10. The lowest BCUT2D eigenvalue weighted by atomic mass is 10.0. The first-order chi connectivity index (χ1) is 33.0. The van der Waals surface area contributed by atoms with Crippen molar-refractivity contribution in [2.45, 2.75) is 0 Å². The highest BCUT2D eigenvalue weighted by atomic mass is 16.3. The molecule has 0 fully saturated rings. The normalized spacial score (nSPS) is 11.8. The molecule has 0 radical (unpaired) electrons. The van der Waals surface area contributed by atoms with Crippen LogP contribution in [-0.4, -0.2) is 20.0 Å². The molecule has 0 spiro atoms. The van der Waals surface area contributed by atoms with Gasteiger partial charge in [0.05, 0.1) is 22.1 Å². The van der Waals surface area contributed by atoms with Gasteiger partial charge in [-0.1, -0.05) is 146 Å². The summed E-state index contributed by atoms with van der Waals surface area (Å²) in [5.41, 5.74) is 16.6. The average Bonchev–Trinajstić information content (AvgIpc) is 3.91. The van der Waals surface area contributed by atoms with Crippen molar-refractivity contribution in [1.82, 2.24) is 9.13 Å². The quantitative estimate of drug-likeness (QED) is 0.0893. The number of allylic oxidation sites excluding steroid dienone is 1. The van der Waals surface area contributed by atoms with Crippen LogP contribution >= 0.6 is 0 Å². The van der Waals surface area contributed by atoms with Crippen LogP contribution in [0.5, 0.6) is 0 Å². The maximum atomic E-state index is 13.8. The van der Waals surface area contributed by atoms with Gasteiger partial charge >= 0.3 is 0 Å². The third kappa shape index (κ3) is 7.18. The average molecular weight is 859 g/mol. The third-order valence-electron chi connectivity index (χ3n) is 13.1. The summed E-state index contributed by atoms with van der Waals surface area (Å²) in [6.45, 7) is 0. The van der Waals surface area contributed by atoms with Crippen LogP contribution in [0.1, 0.15) is 15.9 Å². The zero-order valence-corrected chi connectivity index (χ0v) is 36.4. The molecule has 2 heterocycles. The number of hydrogen-bond donors (Lipinski definition) is 1. The fraction of sp³-hybridized carbons (Fsp3) is 0. The van der Waals surface area contributed by atoms with Gasteiger partial charge in [0.1, 0.15) is 5.76 Å². The van der Waals surface area contributed by atoms with Crippen molar-refractivity contribution < 1.29 is 9.90 Å². The molecule has 0 saturated heterocycles. The molecule has 12 rings (SSSR count). The summed E-state index contributed by atoms with van der Waals surface area (Å²) in [6, 6.07) is 83.9. The van der Waals surface area contributed by atoms with Crippen LogP contribution < -0.4 is 0 Å². The number of ketones is 1. The zero-order chi connectivity index (χ0) is 44.8. The summed E-state index contributed by atoms with van der Waals surface area (Å²) < 4.78 is 4.53. The molecule has 4 heteroatoms. The molecule has 0 aliphatic carbocycles. The highest BCUT2D eigenvalue weighted by molar-refractivity contribution is 6.13. The van der Waals surface area contributed by atoms with Crippen LogP contribution in [0.25, 0.3) is 105 Å². The maximum Gasteiger partial charge on any atom is 0.189 e. The molecule has 2 aromatic heterocycles. The fourth-order valence-corrected chi connectivity index (χ4v) is 9.69. The van der Waals surface area contributed by atoms with Crippen molar-refractivity contribution in [2.75, 3.05) is 0 Å². The SMILES string of the molecule is O=C(/C=C(\O)c1ccc(-n2c3ccc(-c4ccccc4)cc3c3cc(-c4ccccc4)ccc32)cc1)c1ccc(-n2c3ccc(-c4ccccc4)cc3c3cc(-c4ccccc4)ccc32)cc1. The highest BCUT2D eigenvalue weighted by Gasteiger charge is 2.18. The van der Waals surface area contributed by atoms with Gasteiger partial charge in [-0.2, -0.15) is 0 Å². The summed E-state index contributed by atoms with van der Waals surface area (Å²) >= 11 is 0. The number of carbonyl (C=O) groups excluding carboxylic acids is 1. The summed E-state index contributed by atoms with van der Waals surface area (Å²) in [4.78, 5) is 13.8. The van der Waals surface area contributed by atoms with Gasteiger partial charge in [-0.25, -0.2) is 0 Å². The number of rotatable bonds is 9. The fourth-order valence-electron chi connectivity index (χ4n) is 9.69. The molecule has 0 amide bonds. The topological polar surface area (TPSA) is 47.2 Å². The largest absolute Gasteiger partial charge is 0.507 e. The number of fused-ring (bicyclic) bond motifs is 6. The predicted molar refractivity (Wildman–Crippen MR) is 278 cm³/mol. The van der Waals surface area contributed by atoms with Crippen molar-refractivity contribution in [2.24, 2.45) is 0 Å². The van der Waals surface area contributed by atoms with Crippen LogP contribution in [0.3, 0.4) is 0 Å². The number of hydrogen-bond acceptors (Lipinski definition) is 2. The van der Waals surface area contributed by atoms with Gasteiger partial charge in [0.2, 0.25) is 0 Å².